The van der Waals surface area contributed by atoms with E-state index >= 15 is 0 Å². The van der Waals surface area contributed by atoms with E-state index in [9.17, 15) is 4.79 Å². The number of hydrogen-bond donors (Lipinski definition) is 1. The summed E-state index contributed by atoms with van der Waals surface area (Å²) in [6.07, 6.45) is 4.09. The minimum Gasteiger partial charge on any atom is -0.496 e. The van der Waals surface area contributed by atoms with Crippen molar-refractivity contribution in [1.82, 2.24) is 0 Å². The first-order valence-electron chi connectivity index (χ1n) is 13.9. The summed E-state index contributed by atoms with van der Waals surface area (Å²) in [5.41, 5.74) is 7.73. The summed E-state index contributed by atoms with van der Waals surface area (Å²) in [4.78, 5) is 18.4. The third kappa shape index (κ3) is 4.30. The van der Waals surface area contributed by atoms with Crippen LogP contribution in [-0.2, 0) is 24.2 Å². The fraction of sp³-hybridized carbons (Fsp3) is 0.235. The smallest absolute Gasteiger partial charge is 0.339 e. The van der Waals surface area contributed by atoms with Crippen molar-refractivity contribution in [2.75, 3.05) is 25.5 Å². The highest BCUT2D eigenvalue weighted by molar-refractivity contribution is 5.99. The normalized spacial score (nSPS) is 14.8. The van der Waals surface area contributed by atoms with Gasteiger partial charge in [0.05, 0.1) is 18.0 Å². The number of para-hydroxylation sites is 1. The molecule has 7 rings (SSSR count). The maximum atomic E-state index is 13.6. The van der Waals surface area contributed by atoms with E-state index in [1.807, 2.05) is 48.5 Å². The summed E-state index contributed by atoms with van der Waals surface area (Å²) in [6.45, 7) is 1.90. The predicted molar refractivity (Wildman–Crippen MR) is 154 cm³/mol. The minimum atomic E-state index is -0.379. The molecule has 6 nitrogen and oxygen atoms in total. The molecule has 200 valence electrons. The molecule has 4 aromatic rings. The molecule has 0 saturated heterocycles. The number of benzene rings is 4. The van der Waals surface area contributed by atoms with Crippen molar-refractivity contribution < 1.29 is 19.0 Å². The number of carbonyl (C=O) groups excluding carboxylic acids is 1. The number of esters is 1. The van der Waals surface area contributed by atoms with Crippen LogP contribution in [0.1, 0.15) is 51.0 Å². The van der Waals surface area contributed by atoms with E-state index in [0.717, 1.165) is 88.8 Å². The number of aryl methyl sites for hydroxylation is 2. The van der Waals surface area contributed by atoms with Crippen LogP contribution in [0.4, 0.5) is 5.69 Å². The Morgan fingerprint density at radius 1 is 0.925 bits per heavy atom. The maximum Gasteiger partial charge on any atom is 0.339 e. The van der Waals surface area contributed by atoms with E-state index in [2.05, 4.69) is 29.6 Å². The molecule has 0 radical (unpaired) electrons. The average Bonchev–Trinajstić information content (AvgIpc) is 3.00. The number of nitrogens with zero attached hydrogens (tertiary/aromatic N) is 1. The van der Waals surface area contributed by atoms with Gasteiger partial charge < -0.3 is 19.5 Å². The third-order valence-corrected chi connectivity index (χ3v) is 7.94. The fourth-order valence-electron chi connectivity index (χ4n) is 5.96. The third-order valence-electron chi connectivity index (χ3n) is 7.94. The zero-order valence-electron chi connectivity index (χ0n) is 22.5. The lowest BCUT2D eigenvalue weighted by atomic mass is 9.87. The number of rotatable bonds is 5. The van der Waals surface area contributed by atoms with Crippen molar-refractivity contribution in [1.29, 1.82) is 0 Å². The van der Waals surface area contributed by atoms with Crippen LogP contribution >= 0.6 is 0 Å². The SMILES string of the molecule is COc1ccccc1COC(=O)c1ccccc1C1=c2cc3c(cc2Oc2cc4c(cc21)CCCN4)=NCCC3. The number of anilines is 1. The van der Waals surface area contributed by atoms with Gasteiger partial charge in [0.15, 0.2) is 0 Å². The van der Waals surface area contributed by atoms with Crippen LogP contribution in [-0.4, -0.2) is 26.2 Å². The van der Waals surface area contributed by atoms with Gasteiger partial charge in [-0.05, 0) is 66.6 Å². The molecule has 4 aromatic carbocycles. The molecule has 0 unspecified atom stereocenters. The van der Waals surface area contributed by atoms with Crippen molar-refractivity contribution in [2.24, 2.45) is 4.99 Å². The lowest BCUT2D eigenvalue weighted by molar-refractivity contribution is 0.0470. The summed E-state index contributed by atoms with van der Waals surface area (Å²) < 4.78 is 17.8. The first-order valence-corrected chi connectivity index (χ1v) is 13.9. The van der Waals surface area contributed by atoms with E-state index in [4.69, 9.17) is 19.2 Å². The van der Waals surface area contributed by atoms with Crippen molar-refractivity contribution in [3.63, 3.8) is 0 Å². The van der Waals surface area contributed by atoms with Gasteiger partial charge in [0, 0.05) is 52.8 Å². The Bertz CT molecular complexity index is 1780. The first-order chi connectivity index (χ1) is 19.7. The minimum absolute atomic E-state index is 0.122. The average molecular weight is 531 g/mol. The van der Waals surface area contributed by atoms with E-state index in [0.29, 0.717) is 11.3 Å². The molecular weight excluding hydrogens is 500 g/mol. The predicted octanol–water partition coefficient (Wildman–Crippen LogP) is 5.33. The molecule has 0 aromatic heterocycles. The monoisotopic (exact) mass is 530 g/mol. The number of fused-ring (bicyclic) bond motifs is 4. The Morgan fingerprint density at radius 2 is 1.77 bits per heavy atom. The zero-order valence-corrected chi connectivity index (χ0v) is 22.5. The summed E-state index contributed by atoms with van der Waals surface area (Å²) in [6, 6.07) is 23.9. The van der Waals surface area contributed by atoms with Gasteiger partial charge in [-0.2, -0.15) is 0 Å². The quantitative estimate of drug-likeness (QED) is 0.311. The van der Waals surface area contributed by atoms with Crippen LogP contribution in [0, 0.1) is 0 Å². The second-order valence-corrected chi connectivity index (χ2v) is 10.4. The summed E-state index contributed by atoms with van der Waals surface area (Å²) in [5, 5.41) is 5.50. The molecule has 6 heteroatoms. The molecular formula is C34H30N2O4. The molecule has 40 heavy (non-hydrogen) atoms. The largest absolute Gasteiger partial charge is 0.496 e. The Hall–Kier alpha value is -4.58. The van der Waals surface area contributed by atoms with E-state index in [1.54, 1.807) is 7.11 Å². The highest BCUT2D eigenvalue weighted by Crippen LogP contribution is 2.41. The van der Waals surface area contributed by atoms with Crippen LogP contribution in [0.3, 0.4) is 0 Å². The van der Waals surface area contributed by atoms with Crippen LogP contribution in [0.15, 0.2) is 77.8 Å². The molecule has 3 aliphatic heterocycles. The Labute approximate surface area is 232 Å². The van der Waals surface area contributed by atoms with Gasteiger partial charge in [-0.15, -0.1) is 0 Å². The van der Waals surface area contributed by atoms with Gasteiger partial charge in [0.25, 0.3) is 0 Å². The van der Waals surface area contributed by atoms with E-state index in [1.165, 1.54) is 11.1 Å². The molecule has 1 N–H and O–H groups in total. The van der Waals surface area contributed by atoms with Crippen molar-refractivity contribution in [3.8, 4) is 17.2 Å². The second-order valence-electron chi connectivity index (χ2n) is 10.4. The molecule has 0 amide bonds. The summed E-state index contributed by atoms with van der Waals surface area (Å²) in [5.74, 6) is 1.86. The van der Waals surface area contributed by atoms with Crippen molar-refractivity contribution in [3.05, 3.63) is 117 Å². The highest BCUT2D eigenvalue weighted by Gasteiger charge is 2.27. The van der Waals surface area contributed by atoms with E-state index < -0.39 is 0 Å². The number of hydrogen-bond acceptors (Lipinski definition) is 6. The van der Waals surface area contributed by atoms with Gasteiger partial charge in [-0.3, -0.25) is 4.99 Å². The van der Waals surface area contributed by atoms with E-state index in [-0.39, 0.29) is 12.6 Å². The van der Waals surface area contributed by atoms with Gasteiger partial charge in [-0.1, -0.05) is 36.4 Å². The topological polar surface area (TPSA) is 69.2 Å². The lowest BCUT2D eigenvalue weighted by Crippen LogP contribution is -2.26. The van der Waals surface area contributed by atoms with Crippen LogP contribution in [0.2, 0.25) is 0 Å². The molecule has 0 spiro atoms. The lowest BCUT2D eigenvalue weighted by Gasteiger charge is -2.27. The van der Waals surface area contributed by atoms with Crippen LogP contribution < -0.4 is 25.4 Å². The molecule has 0 saturated carbocycles. The van der Waals surface area contributed by atoms with Crippen molar-refractivity contribution in [2.45, 2.75) is 32.3 Å². The standard InChI is InChI=1S/C34H30N2O4/c1-38-30-13-5-2-8-23(30)20-39-34(37)25-12-4-3-11-24(25)33-26-16-21-9-6-14-35-28(21)18-31(26)40-32-19-29-22(17-27(32)33)10-7-15-36-29/h2-5,8,11-13,16-19,35H,6-7,9-10,14-15,20H2,1H3. The summed E-state index contributed by atoms with van der Waals surface area (Å²) in [7, 11) is 1.62. The Morgan fingerprint density at radius 3 is 2.70 bits per heavy atom. The Kier molecular flexibility index (Phi) is 6.23. The van der Waals surface area contributed by atoms with Crippen LogP contribution in [0.25, 0.3) is 5.57 Å². The fourth-order valence-corrected chi connectivity index (χ4v) is 5.96. The maximum absolute atomic E-state index is 13.6. The van der Waals surface area contributed by atoms with Gasteiger partial charge in [0.2, 0.25) is 0 Å². The molecule has 0 bridgehead atoms. The Balaban J connectivity index is 1.39. The molecule has 0 atom stereocenters. The molecule has 0 fully saturated rings. The van der Waals surface area contributed by atoms with Gasteiger partial charge >= 0.3 is 5.97 Å². The highest BCUT2D eigenvalue weighted by atomic mass is 16.5. The molecule has 3 heterocycles. The summed E-state index contributed by atoms with van der Waals surface area (Å²) >= 11 is 0. The molecule has 0 aliphatic carbocycles. The van der Waals surface area contributed by atoms with Gasteiger partial charge in [0.1, 0.15) is 23.9 Å². The van der Waals surface area contributed by atoms with Gasteiger partial charge in [-0.25, -0.2) is 4.79 Å². The zero-order chi connectivity index (χ0) is 27.1. The number of nitrogens with one attached hydrogen (secondary N) is 1. The molecule has 3 aliphatic rings. The number of ether oxygens (including phenoxy) is 3. The second kappa shape index (κ2) is 10.2. The first kappa shape index (κ1) is 24.5. The van der Waals surface area contributed by atoms with Crippen molar-refractivity contribution >= 4 is 17.2 Å². The van der Waals surface area contributed by atoms with Crippen LogP contribution in [0.5, 0.6) is 17.2 Å². The number of carbonyl (C=O) groups is 1. The number of methoxy groups -OCH3 is 1.